The number of nitrogens with zero attached hydrogens (tertiary/aromatic N) is 3. The Morgan fingerprint density at radius 1 is 0.973 bits per heavy atom. The lowest BCUT2D eigenvalue weighted by Crippen LogP contribution is -2.47. The van der Waals surface area contributed by atoms with Crippen LogP contribution in [0.4, 0.5) is 13.2 Å². The van der Waals surface area contributed by atoms with Crippen LogP contribution >= 0.6 is 0 Å². The van der Waals surface area contributed by atoms with Gasteiger partial charge in [-0.1, -0.05) is 36.4 Å². The van der Waals surface area contributed by atoms with Crippen molar-refractivity contribution in [2.45, 2.75) is 44.2 Å². The maximum atomic E-state index is 14.2. The molecule has 4 aromatic rings. The maximum Gasteiger partial charge on any atom is 0.223 e. The smallest absolute Gasteiger partial charge is 0.223 e. The summed E-state index contributed by atoms with van der Waals surface area (Å²) in [5.74, 6) is -1.48. The number of likely N-dealkylation sites (tertiary alicyclic amines) is 1. The molecule has 3 aromatic carbocycles. The molecular formula is C30H28F3N3O. The molecule has 5 rings (SSSR count). The van der Waals surface area contributed by atoms with Gasteiger partial charge in [0.2, 0.25) is 5.91 Å². The number of amides is 1. The van der Waals surface area contributed by atoms with Gasteiger partial charge in [0.05, 0.1) is 12.4 Å². The van der Waals surface area contributed by atoms with Crippen LogP contribution in [0, 0.1) is 17.5 Å². The van der Waals surface area contributed by atoms with Crippen molar-refractivity contribution in [3.05, 3.63) is 114 Å². The van der Waals surface area contributed by atoms with Crippen LogP contribution in [0.15, 0.2) is 85.5 Å². The summed E-state index contributed by atoms with van der Waals surface area (Å²) in [4.78, 5) is 19.5. The largest absolute Gasteiger partial charge is 0.337 e. The number of hydrogen-bond acceptors (Lipinski definition) is 2. The minimum absolute atomic E-state index is 0.0439. The predicted octanol–water partition coefficient (Wildman–Crippen LogP) is 6.68. The predicted molar refractivity (Wildman–Crippen MR) is 136 cm³/mol. The average molecular weight is 504 g/mol. The lowest BCUT2D eigenvalue weighted by atomic mass is 9.70. The molecule has 1 aliphatic heterocycles. The van der Waals surface area contributed by atoms with Crippen LogP contribution in [0.3, 0.4) is 0 Å². The Morgan fingerprint density at radius 2 is 1.70 bits per heavy atom. The van der Waals surface area contributed by atoms with Crippen molar-refractivity contribution in [1.29, 1.82) is 0 Å². The zero-order valence-electron chi connectivity index (χ0n) is 20.6. The molecule has 2 heterocycles. The first kappa shape index (κ1) is 24.8. The Kier molecular flexibility index (Phi) is 6.87. The normalized spacial score (nSPS) is 18.7. The molecule has 7 heteroatoms. The summed E-state index contributed by atoms with van der Waals surface area (Å²) in [7, 11) is 0. The number of carbonyl (C=O) groups is 1. The van der Waals surface area contributed by atoms with Gasteiger partial charge in [-0.2, -0.15) is 0 Å². The van der Waals surface area contributed by atoms with Crippen molar-refractivity contribution in [2.24, 2.45) is 0 Å². The first-order chi connectivity index (χ1) is 17.8. The fourth-order valence-electron chi connectivity index (χ4n) is 5.36. The fraction of sp³-hybridized carbons (Fsp3) is 0.267. The lowest BCUT2D eigenvalue weighted by Gasteiger charge is -2.44. The van der Waals surface area contributed by atoms with Crippen LogP contribution in [0.1, 0.15) is 43.4 Å². The minimum Gasteiger partial charge on any atom is -0.337 e. The summed E-state index contributed by atoms with van der Waals surface area (Å²) in [6, 6.07) is 17.2. The van der Waals surface area contributed by atoms with Crippen LogP contribution in [-0.4, -0.2) is 26.9 Å². The zero-order valence-corrected chi connectivity index (χ0v) is 20.6. The Hall–Kier alpha value is -3.87. The van der Waals surface area contributed by atoms with Crippen molar-refractivity contribution < 1.29 is 18.0 Å². The van der Waals surface area contributed by atoms with Crippen LogP contribution in [0.25, 0.3) is 11.1 Å². The highest BCUT2D eigenvalue weighted by atomic mass is 19.1. The van der Waals surface area contributed by atoms with Gasteiger partial charge in [0.25, 0.3) is 0 Å². The molecule has 4 nitrogen and oxygen atoms in total. The Labute approximate surface area is 214 Å². The number of benzene rings is 3. The van der Waals surface area contributed by atoms with E-state index in [1.165, 1.54) is 24.3 Å². The molecule has 37 heavy (non-hydrogen) atoms. The molecule has 1 amide bonds. The second-order valence-corrected chi connectivity index (χ2v) is 9.77. The minimum atomic E-state index is -0.614. The standard InChI is InChI=1S/C30H28F3N3O/c1-21(22-2-4-23(5-3-22)27-11-10-26(32)18-28(27)33)36-16-13-30(19-29(36)37,12-15-35-17-14-34-20-35)24-6-8-25(31)9-7-24/h2-11,14,17-18,20-21H,12-13,15-16,19H2,1H3/t21-,30+/m1/s1. The van der Waals surface area contributed by atoms with E-state index in [1.54, 1.807) is 36.8 Å². The molecule has 0 N–H and O–H groups in total. The molecule has 0 unspecified atom stereocenters. The quantitative estimate of drug-likeness (QED) is 0.282. The molecular weight excluding hydrogens is 475 g/mol. The SMILES string of the molecule is C[C@H](c1ccc(-c2ccc(F)cc2F)cc1)N1CC[C@](CCn2ccnc2)(c2ccc(F)cc2)CC1=O. The van der Waals surface area contributed by atoms with Gasteiger partial charge in [0.1, 0.15) is 17.5 Å². The number of rotatable bonds is 7. The molecule has 1 aromatic heterocycles. The molecule has 0 aliphatic carbocycles. The van der Waals surface area contributed by atoms with Crippen LogP contribution < -0.4 is 0 Å². The van der Waals surface area contributed by atoms with Crippen LogP contribution in [0.5, 0.6) is 0 Å². The Morgan fingerprint density at radius 3 is 2.35 bits per heavy atom. The third kappa shape index (κ3) is 5.17. The van der Waals surface area contributed by atoms with Gasteiger partial charge in [-0.25, -0.2) is 18.2 Å². The highest BCUT2D eigenvalue weighted by molar-refractivity contribution is 5.79. The Balaban J connectivity index is 1.34. The van der Waals surface area contributed by atoms with Gasteiger partial charge in [-0.15, -0.1) is 0 Å². The zero-order chi connectivity index (χ0) is 26.0. The summed E-state index contributed by atoms with van der Waals surface area (Å²) in [6.45, 7) is 3.26. The second-order valence-electron chi connectivity index (χ2n) is 9.77. The van der Waals surface area contributed by atoms with E-state index in [0.717, 1.165) is 30.0 Å². The first-order valence-corrected chi connectivity index (χ1v) is 12.4. The molecule has 1 saturated heterocycles. The molecule has 1 aliphatic rings. The van der Waals surface area contributed by atoms with E-state index in [0.29, 0.717) is 30.6 Å². The van der Waals surface area contributed by atoms with Gasteiger partial charge >= 0.3 is 0 Å². The number of aromatic nitrogens is 2. The third-order valence-electron chi connectivity index (χ3n) is 7.61. The molecule has 1 fully saturated rings. The lowest BCUT2D eigenvalue weighted by molar-refractivity contribution is -0.138. The number of carbonyl (C=O) groups excluding carboxylic acids is 1. The van der Waals surface area contributed by atoms with Gasteiger partial charge in [-0.05, 0) is 60.7 Å². The summed E-state index contributed by atoms with van der Waals surface area (Å²) in [5.41, 5.74) is 2.49. The van der Waals surface area contributed by atoms with Crippen LogP contribution in [-0.2, 0) is 16.8 Å². The van der Waals surface area contributed by atoms with Crippen molar-refractivity contribution in [3.63, 3.8) is 0 Å². The maximum absolute atomic E-state index is 14.2. The molecule has 0 saturated carbocycles. The molecule has 0 radical (unpaired) electrons. The second kappa shape index (κ2) is 10.2. The van der Waals surface area contributed by atoms with Gasteiger partial charge in [0.15, 0.2) is 0 Å². The van der Waals surface area contributed by atoms with Gasteiger partial charge < -0.3 is 9.47 Å². The van der Waals surface area contributed by atoms with E-state index in [1.807, 2.05) is 34.7 Å². The monoisotopic (exact) mass is 503 g/mol. The summed E-state index contributed by atoms with van der Waals surface area (Å²) in [6.07, 6.45) is 7.22. The number of hydrogen-bond donors (Lipinski definition) is 0. The number of piperidine rings is 1. The molecule has 190 valence electrons. The first-order valence-electron chi connectivity index (χ1n) is 12.4. The topological polar surface area (TPSA) is 38.1 Å². The molecule has 0 spiro atoms. The summed E-state index contributed by atoms with van der Waals surface area (Å²) < 4.78 is 43.2. The number of aryl methyl sites for hydroxylation is 1. The van der Waals surface area contributed by atoms with E-state index in [-0.39, 0.29) is 17.8 Å². The Bertz CT molecular complexity index is 1370. The fourth-order valence-corrected chi connectivity index (χ4v) is 5.36. The highest BCUT2D eigenvalue weighted by Crippen LogP contribution is 2.42. The van der Waals surface area contributed by atoms with Gasteiger partial charge in [0, 0.05) is 48.9 Å². The number of halogens is 3. The summed E-state index contributed by atoms with van der Waals surface area (Å²) in [5, 5.41) is 0. The van der Waals surface area contributed by atoms with Crippen LogP contribution in [0.2, 0.25) is 0 Å². The van der Waals surface area contributed by atoms with E-state index >= 15 is 0 Å². The van der Waals surface area contributed by atoms with Crippen molar-refractivity contribution in [1.82, 2.24) is 14.5 Å². The van der Waals surface area contributed by atoms with Crippen molar-refractivity contribution in [3.8, 4) is 11.1 Å². The third-order valence-corrected chi connectivity index (χ3v) is 7.61. The number of imidazole rings is 1. The van der Waals surface area contributed by atoms with E-state index < -0.39 is 17.0 Å². The van der Waals surface area contributed by atoms with Crippen molar-refractivity contribution >= 4 is 5.91 Å². The van der Waals surface area contributed by atoms with Gasteiger partial charge in [-0.3, -0.25) is 4.79 Å². The van der Waals surface area contributed by atoms with E-state index in [2.05, 4.69) is 4.98 Å². The summed E-state index contributed by atoms with van der Waals surface area (Å²) >= 11 is 0. The van der Waals surface area contributed by atoms with E-state index in [9.17, 15) is 18.0 Å². The molecule has 2 atom stereocenters. The molecule has 0 bridgehead atoms. The average Bonchev–Trinajstić information content (AvgIpc) is 3.42. The highest BCUT2D eigenvalue weighted by Gasteiger charge is 2.41. The van der Waals surface area contributed by atoms with Crippen molar-refractivity contribution in [2.75, 3.05) is 6.54 Å². The van der Waals surface area contributed by atoms with E-state index in [4.69, 9.17) is 0 Å².